The van der Waals surface area contributed by atoms with Crippen molar-refractivity contribution in [1.29, 1.82) is 0 Å². The molecule has 0 amide bonds. The first-order valence-corrected chi connectivity index (χ1v) is 7.80. The molecular weight excluding hydrogens is 306 g/mol. The highest BCUT2D eigenvalue weighted by Crippen LogP contribution is 2.26. The summed E-state index contributed by atoms with van der Waals surface area (Å²) < 4.78 is 12.5. The van der Waals surface area contributed by atoms with Crippen LogP contribution in [-0.4, -0.2) is 37.5 Å². The summed E-state index contributed by atoms with van der Waals surface area (Å²) in [4.78, 5) is 2.51. The summed E-state index contributed by atoms with van der Waals surface area (Å²) in [6.07, 6.45) is 2.49. The summed E-state index contributed by atoms with van der Waals surface area (Å²) in [6.45, 7) is 4.79. The molecule has 0 N–H and O–H groups in total. The molecule has 2 saturated heterocycles. The second kappa shape index (κ2) is 6.35. The van der Waals surface area contributed by atoms with Crippen LogP contribution in [0.4, 0.5) is 0 Å². The summed E-state index contributed by atoms with van der Waals surface area (Å²) in [7, 11) is 0. The van der Waals surface area contributed by atoms with Gasteiger partial charge in [-0.2, -0.15) is 0 Å². The highest BCUT2D eigenvalue weighted by atomic mass is 79.9. The molecule has 0 bridgehead atoms. The lowest BCUT2D eigenvalue weighted by Gasteiger charge is -2.34. The largest absolute Gasteiger partial charge is 0.350 e. The third-order valence-electron chi connectivity index (χ3n) is 3.87. The van der Waals surface area contributed by atoms with Crippen LogP contribution < -0.4 is 0 Å². The smallest absolute Gasteiger partial charge is 0.161 e. The maximum Gasteiger partial charge on any atom is 0.161 e. The normalized spacial score (nSPS) is 25.8. The first-order valence-electron chi connectivity index (χ1n) is 7.01. The van der Waals surface area contributed by atoms with Crippen LogP contribution in [0, 0.1) is 5.92 Å². The Hall–Kier alpha value is -0.420. The Kier molecular flexibility index (Phi) is 4.53. The Bertz CT molecular complexity index is 420. The fourth-order valence-electron chi connectivity index (χ4n) is 3.00. The van der Waals surface area contributed by atoms with E-state index in [-0.39, 0.29) is 6.29 Å². The molecule has 104 valence electrons. The van der Waals surface area contributed by atoms with Crippen molar-refractivity contribution in [2.75, 3.05) is 26.3 Å². The maximum absolute atomic E-state index is 5.65. The zero-order valence-electron chi connectivity index (χ0n) is 11.1. The molecule has 2 aliphatic rings. The number of rotatable bonds is 3. The van der Waals surface area contributed by atoms with Crippen molar-refractivity contribution in [3.8, 4) is 0 Å². The van der Waals surface area contributed by atoms with Gasteiger partial charge in [0.2, 0.25) is 0 Å². The number of ether oxygens (including phenoxy) is 2. The molecule has 2 fully saturated rings. The zero-order chi connectivity index (χ0) is 13.1. The summed E-state index contributed by atoms with van der Waals surface area (Å²) >= 11 is 3.53. The summed E-state index contributed by atoms with van der Waals surface area (Å²) in [5.74, 6) is 0.531. The van der Waals surface area contributed by atoms with Crippen molar-refractivity contribution in [1.82, 2.24) is 4.90 Å². The zero-order valence-corrected chi connectivity index (χ0v) is 12.6. The minimum Gasteiger partial charge on any atom is -0.350 e. The van der Waals surface area contributed by atoms with E-state index in [1.807, 2.05) is 0 Å². The van der Waals surface area contributed by atoms with E-state index in [0.29, 0.717) is 5.92 Å². The molecule has 0 saturated carbocycles. The van der Waals surface area contributed by atoms with Crippen LogP contribution in [0.5, 0.6) is 0 Å². The van der Waals surface area contributed by atoms with Crippen molar-refractivity contribution in [3.63, 3.8) is 0 Å². The van der Waals surface area contributed by atoms with E-state index in [0.717, 1.165) is 30.8 Å². The van der Waals surface area contributed by atoms with Crippen molar-refractivity contribution in [2.45, 2.75) is 25.7 Å². The molecule has 1 aromatic carbocycles. The van der Waals surface area contributed by atoms with E-state index < -0.39 is 0 Å². The van der Waals surface area contributed by atoms with Crippen molar-refractivity contribution < 1.29 is 9.47 Å². The molecule has 1 unspecified atom stereocenters. The second-order valence-corrected chi connectivity index (χ2v) is 6.29. The van der Waals surface area contributed by atoms with E-state index in [1.54, 1.807) is 0 Å². The van der Waals surface area contributed by atoms with E-state index in [1.165, 1.54) is 24.9 Å². The van der Waals surface area contributed by atoms with Gasteiger partial charge in [0, 0.05) is 23.5 Å². The summed E-state index contributed by atoms with van der Waals surface area (Å²) in [6, 6.07) is 8.57. The van der Waals surface area contributed by atoms with Gasteiger partial charge in [-0.15, -0.1) is 0 Å². The number of halogens is 1. The van der Waals surface area contributed by atoms with Crippen molar-refractivity contribution >= 4 is 15.9 Å². The molecule has 0 aromatic heterocycles. The lowest BCUT2D eigenvalue weighted by Crippen LogP contribution is -2.40. The fourth-order valence-corrected chi connectivity index (χ4v) is 3.45. The SMILES string of the molecule is Brc1cccc(CN2CCCC(C3OCCO3)C2)c1. The highest BCUT2D eigenvalue weighted by molar-refractivity contribution is 9.10. The summed E-state index contributed by atoms with van der Waals surface area (Å²) in [5.41, 5.74) is 1.36. The lowest BCUT2D eigenvalue weighted by molar-refractivity contribution is -0.101. The quantitative estimate of drug-likeness (QED) is 0.852. The van der Waals surface area contributed by atoms with E-state index in [2.05, 4.69) is 45.1 Å². The Morgan fingerprint density at radius 3 is 2.89 bits per heavy atom. The van der Waals surface area contributed by atoms with Gasteiger partial charge in [-0.3, -0.25) is 4.90 Å². The van der Waals surface area contributed by atoms with Crippen molar-refractivity contribution in [3.05, 3.63) is 34.3 Å². The number of benzene rings is 1. The van der Waals surface area contributed by atoms with Crippen LogP contribution in [-0.2, 0) is 16.0 Å². The van der Waals surface area contributed by atoms with Gasteiger partial charge in [0.1, 0.15) is 0 Å². The Balaban J connectivity index is 1.58. The Labute approximate surface area is 123 Å². The standard InChI is InChI=1S/C15H20BrNO2/c16-14-5-1-3-12(9-14)10-17-6-2-4-13(11-17)15-18-7-8-19-15/h1,3,5,9,13,15H,2,4,6-8,10-11H2. The van der Waals surface area contributed by atoms with Gasteiger partial charge < -0.3 is 9.47 Å². The van der Waals surface area contributed by atoms with Gasteiger partial charge in [-0.05, 0) is 37.1 Å². The van der Waals surface area contributed by atoms with E-state index in [9.17, 15) is 0 Å². The predicted octanol–water partition coefficient (Wildman–Crippen LogP) is 3.03. The third-order valence-corrected chi connectivity index (χ3v) is 4.36. The van der Waals surface area contributed by atoms with Gasteiger partial charge in [0.25, 0.3) is 0 Å². The topological polar surface area (TPSA) is 21.7 Å². The fraction of sp³-hybridized carbons (Fsp3) is 0.600. The van der Waals surface area contributed by atoms with Crippen LogP contribution in [0.2, 0.25) is 0 Å². The number of piperidine rings is 1. The molecule has 1 aromatic rings. The Morgan fingerprint density at radius 1 is 1.26 bits per heavy atom. The van der Waals surface area contributed by atoms with E-state index >= 15 is 0 Å². The number of hydrogen-bond donors (Lipinski definition) is 0. The first kappa shape index (κ1) is 13.6. The molecule has 3 rings (SSSR count). The Morgan fingerprint density at radius 2 is 2.11 bits per heavy atom. The van der Waals surface area contributed by atoms with Crippen LogP contribution in [0.3, 0.4) is 0 Å². The molecule has 19 heavy (non-hydrogen) atoms. The molecule has 3 nitrogen and oxygen atoms in total. The predicted molar refractivity (Wildman–Crippen MR) is 77.8 cm³/mol. The number of hydrogen-bond acceptors (Lipinski definition) is 3. The molecule has 2 aliphatic heterocycles. The lowest BCUT2D eigenvalue weighted by atomic mass is 9.97. The van der Waals surface area contributed by atoms with Gasteiger partial charge in [-0.25, -0.2) is 0 Å². The average molecular weight is 326 g/mol. The third kappa shape index (κ3) is 3.57. The summed E-state index contributed by atoms with van der Waals surface area (Å²) in [5, 5.41) is 0. The second-order valence-electron chi connectivity index (χ2n) is 5.38. The molecule has 4 heteroatoms. The molecule has 0 radical (unpaired) electrons. The number of nitrogens with zero attached hydrogens (tertiary/aromatic N) is 1. The van der Waals surface area contributed by atoms with Crippen molar-refractivity contribution in [2.24, 2.45) is 5.92 Å². The molecule has 1 atom stereocenters. The maximum atomic E-state index is 5.65. The van der Waals surface area contributed by atoms with Gasteiger partial charge >= 0.3 is 0 Å². The highest BCUT2D eigenvalue weighted by Gasteiger charge is 2.30. The first-order chi connectivity index (χ1) is 9.31. The molecule has 0 spiro atoms. The van der Waals surface area contributed by atoms with Crippen LogP contribution in [0.25, 0.3) is 0 Å². The van der Waals surface area contributed by atoms with E-state index in [4.69, 9.17) is 9.47 Å². The minimum atomic E-state index is 0.0327. The molecule has 0 aliphatic carbocycles. The number of likely N-dealkylation sites (tertiary alicyclic amines) is 1. The van der Waals surface area contributed by atoms with Crippen LogP contribution in [0.1, 0.15) is 18.4 Å². The van der Waals surface area contributed by atoms with Crippen LogP contribution in [0.15, 0.2) is 28.7 Å². The molecular formula is C15H20BrNO2. The average Bonchev–Trinajstić information content (AvgIpc) is 2.93. The molecule has 2 heterocycles. The van der Waals surface area contributed by atoms with Crippen LogP contribution >= 0.6 is 15.9 Å². The van der Waals surface area contributed by atoms with Gasteiger partial charge in [-0.1, -0.05) is 28.1 Å². The van der Waals surface area contributed by atoms with Gasteiger partial charge in [0.15, 0.2) is 6.29 Å². The minimum absolute atomic E-state index is 0.0327. The van der Waals surface area contributed by atoms with Gasteiger partial charge in [0.05, 0.1) is 13.2 Å². The monoisotopic (exact) mass is 325 g/mol.